The number of hydrogen-bond donors (Lipinski definition) is 2. The van der Waals surface area contributed by atoms with E-state index in [0.29, 0.717) is 0 Å². The zero-order chi connectivity index (χ0) is 5.91. The van der Waals surface area contributed by atoms with Crippen molar-refractivity contribution in [3.05, 3.63) is 6.92 Å². The molecule has 0 spiro atoms. The van der Waals surface area contributed by atoms with Gasteiger partial charge in [-0.3, -0.25) is 0 Å². The molecule has 4 nitrogen and oxygen atoms in total. The molecule has 7 heavy (non-hydrogen) atoms. The third-order valence-electron chi connectivity index (χ3n) is 0.303. The van der Waals surface area contributed by atoms with E-state index < -0.39 is 10.2 Å². The van der Waals surface area contributed by atoms with Gasteiger partial charge >= 0.3 is 0 Å². The molecule has 0 aliphatic heterocycles. The largest absolute Gasteiger partial charge is 0.274 e. The lowest BCUT2D eigenvalue weighted by Gasteiger charge is -1.91. The minimum absolute atomic E-state index is 0.0961. The van der Waals surface area contributed by atoms with Crippen LogP contribution in [0.4, 0.5) is 0 Å². The van der Waals surface area contributed by atoms with Crippen LogP contribution in [0, 0.1) is 6.92 Å². The average Bonchev–Trinajstić information content (AvgIpc) is 1.30. The van der Waals surface area contributed by atoms with Gasteiger partial charge in [-0.2, -0.15) is 8.42 Å². The molecule has 0 aliphatic carbocycles. The first kappa shape index (κ1) is 6.87. The van der Waals surface area contributed by atoms with E-state index in [1.54, 1.807) is 0 Å². The fourth-order valence-corrected chi connectivity index (χ4v) is 0.427. The van der Waals surface area contributed by atoms with E-state index in [1.165, 1.54) is 0 Å². The van der Waals surface area contributed by atoms with Gasteiger partial charge < -0.3 is 0 Å². The lowest BCUT2D eigenvalue weighted by molar-refractivity contribution is 0.587. The molecule has 0 rings (SSSR count). The molecule has 43 valence electrons. The molecule has 3 N–H and O–H groups in total. The van der Waals surface area contributed by atoms with E-state index in [2.05, 4.69) is 12.1 Å². The number of nitrogens with one attached hydrogen (secondary N) is 1. The Bertz CT molecular complexity index is 127. The summed E-state index contributed by atoms with van der Waals surface area (Å²) in [6.45, 7) is 3.30. The first-order valence-electron chi connectivity index (χ1n) is 1.63. The van der Waals surface area contributed by atoms with Gasteiger partial charge in [-0.15, -0.1) is 0 Å². The second-order valence-corrected chi connectivity index (χ2v) is 2.32. The molecule has 0 aromatic carbocycles. The second kappa shape index (κ2) is 2.25. The molecule has 0 heterocycles. The molecule has 0 aromatic heterocycles. The third-order valence-corrected chi connectivity index (χ3v) is 0.910. The lowest BCUT2D eigenvalue weighted by atomic mass is 10.8. The van der Waals surface area contributed by atoms with Gasteiger partial charge in [0.05, 0.1) is 0 Å². The standard InChI is InChI=1S/C2H7N2O2S/c1-2-4-7(3,5)6/h4H,1-2H2,(H2,3,5,6). The Hall–Kier alpha value is -0.130. The highest BCUT2D eigenvalue weighted by Gasteiger charge is 1.93. The van der Waals surface area contributed by atoms with Crippen LogP contribution in [0.15, 0.2) is 0 Å². The Labute approximate surface area is 42.9 Å². The topological polar surface area (TPSA) is 72.2 Å². The van der Waals surface area contributed by atoms with Crippen LogP contribution in [-0.4, -0.2) is 15.0 Å². The molecule has 1 radical (unpaired) electrons. The highest BCUT2D eigenvalue weighted by molar-refractivity contribution is 7.87. The van der Waals surface area contributed by atoms with Crippen LogP contribution in [0.5, 0.6) is 0 Å². The Morgan fingerprint density at radius 2 is 2.14 bits per heavy atom. The summed E-state index contributed by atoms with van der Waals surface area (Å²) in [7, 11) is -3.49. The molecule has 0 unspecified atom stereocenters. The van der Waals surface area contributed by atoms with Crippen LogP contribution >= 0.6 is 0 Å². The molecular weight excluding hydrogens is 116 g/mol. The van der Waals surface area contributed by atoms with Gasteiger partial charge in [0.1, 0.15) is 0 Å². The van der Waals surface area contributed by atoms with Gasteiger partial charge in [-0.05, 0) is 6.92 Å². The van der Waals surface area contributed by atoms with Crippen molar-refractivity contribution < 1.29 is 8.42 Å². The van der Waals surface area contributed by atoms with Crippen molar-refractivity contribution >= 4 is 10.2 Å². The fraction of sp³-hybridized carbons (Fsp3) is 0.500. The van der Waals surface area contributed by atoms with Crippen LogP contribution in [-0.2, 0) is 10.2 Å². The van der Waals surface area contributed by atoms with Crippen molar-refractivity contribution in [2.75, 3.05) is 6.54 Å². The molecule has 0 aliphatic rings. The SMILES string of the molecule is [CH2]CNS(N)(=O)=O. The number of nitrogens with two attached hydrogens (primary N) is 1. The van der Waals surface area contributed by atoms with Crippen molar-refractivity contribution in [1.82, 2.24) is 4.72 Å². The molecule has 0 fully saturated rings. The predicted octanol–water partition coefficient (Wildman–Crippen LogP) is -1.39. The van der Waals surface area contributed by atoms with Crippen molar-refractivity contribution in [3.63, 3.8) is 0 Å². The highest BCUT2D eigenvalue weighted by Crippen LogP contribution is 1.60. The summed E-state index contributed by atoms with van der Waals surface area (Å²) in [5.41, 5.74) is 0. The summed E-state index contributed by atoms with van der Waals surface area (Å²) in [4.78, 5) is 0. The maximum Gasteiger partial charge on any atom is 0.274 e. The van der Waals surface area contributed by atoms with Crippen molar-refractivity contribution in [2.45, 2.75) is 0 Å². The lowest BCUT2D eigenvalue weighted by Crippen LogP contribution is -2.30. The number of rotatable bonds is 2. The van der Waals surface area contributed by atoms with E-state index in [4.69, 9.17) is 0 Å². The maximum atomic E-state index is 9.86. The van der Waals surface area contributed by atoms with Gasteiger partial charge in [0.15, 0.2) is 0 Å². The first-order valence-corrected chi connectivity index (χ1v) is 3.17. The first-order chi connectivity index (χ1) is 3.06. The quantitative estimate of drug-likeness (QED) is 0.474. The molecule has 0 saturated carbocycles. The normalized spacial score (nSPS) is 11.7. The van der Waals surface area contributed by atoms with Crippen molar-refractivity contribution in [3.8, 4) is 0 Å². The maximum absolute atomic E-state index is 9.86. The van der Waals surface area contributed by atoms with E-state index in [-0.39, 0.29) is 6.54 Å². The minimum Gasteiger partial charge on any atom is -0.216 e. The van der Waals surface area contributed by atoms with Crippen molar-refractivity contribution in [1.29, 1.82) is 0 Å². The highest BCUT2D eigenvalue weighted by atomic mass is 32.2. The smallest absolute Gasteiger partial charge is 0.216 e. The van der Waals surface area contributed by atoms with E-state index in [0.717, 1.165) is 0 Å². The molecule has 0 aromatic rings. The Morgan fingerprint density at radius 1 is 1.71 bits per heavy atom. The second-order valence-electron chi connectivity index (χ2n) is 0.939. The monoisotopic (exact) mass is 123 g/mol. The Kier molecular flexibility index (Phi) is 2.21. The summed E-state index contributed by atoms with van der Waals surface area (Å²) in [5, 5.41) is 4.47. The summed E-state index contributed by atoms with van der Waals surface area (Å²) < 4.78 is 21.6. The summed E-state index contributed by atoms with van der Waals surface area (Å²) in [6, 6.07) is 0. The van der Waals surface area contributed by atoms with E-state index in [1.807, 2.05) is 4.72 Å². The fourth-order valence-electron chi connectivity index (χ4n) is 0.142. The van der Waals surface area contributed by atoms with Gasteiger partial charge in [0.25, 0.3) is 10.2 Å². The van der Waals surface area contributed by atoms with Gasteiger partial charge in [-0.1, -0.05) is 0 Å². The third kappa shape index (κ3) is 5.87. The summed E-state index contributed by atoms with van der Waals surface area (Å²) in [5.74, 6) is 0. The zero-order valence-electron chi connectivity index (χ0n) is 3.72. The van der Waals surface area contributed by atoms with Gasteiger partial charge in [-0.25, -0.2) is 9.86 Å². The van der Waals surface area contributed by atoms with E-state index in [9.17, 15) is 8.42 Å². The molecule has 0 atom stereocenters. The van der Waals surface area contributed by atoms with Crippen LogP contribution in [0.1, 0.15) is 0 Å². The van der Waals surface area contributed by atoms with Crippen LogP contribution in [0.2, 0.25) is 0 Å². The van der Waals surface area contributed by atoms with Crippen LogP contribution < -0.4 is 9.86 Å². The molecule has 0 bridgehead atoms. The average molecular weight is 123 g/mol. The summed E-state index contributed by atoms with van der Waals surface area (Å²) in [6.07, 6.45) is 0. The molecular formula is C2H7N2O2S. The molecule has 0 amide bonds. The van der Waals surface area contributed by atoms with Gasteiger partial charge in [0, 0.05) is 6.54 Å². The molecule has 5 heteroatoms. The number of hydrogen-bond acceptors (Lipinski definition) is 2. The van der Waals surface area contributed by atoms with Crippen LogP contribution in [0.3, 0.4) is 0 Å². The predicted molar refractivity (Wildman–Crippen MR) is 26.5 cm³/mol. The Balaban J connectivity index is 3.60. The zero-order valence-corrected chi connectivity index (χ0v) is 4.53. The Morgan fingerprint density at radius 3 is 2.14 bits per heavy atom. The molecule has 0 saturated heterocycles. The van der Waals surface area contributed by atoms with Gasteiger partial charge in [0.2, 0.25) is 0 Å². The van der Waals surface area contributed by atoms with Crippen LogP contribution in [0.25, 0.3) is 0 Å². The summed E-state index contributed by atoms with van der Waals surface area (Å²) >= 11 is 0. The van der Waals surface area contributed by atoms with E-state index >= 15 is 0 Å². The van der Waals surface area contributed by atoms with Crippen molar-refractivity contribution in [2.24, 2.45) is 5.14 Å². The minimum atomic E-state index is -3.49.